The number of carbonyl (C=O) groups is 1. The molecule has 1 aromatic rings. The van der Waals surface area contributed by atoms with Crippen LogP contribution in [0.4, 0.5) is 5.69 Å². The van der Waals surface area contributed by atoms with Crippen LogP contribution in [0.15, 0.2) is 12.1 Å². The molecule has 0 atom stereocenters. The third-order valence-electron chi connectivity index (χ3n) is 2.87. The topological polar surface area (TPSA) is 64.3 Å². The second kappa shape index (κ2) is 7.02. The summed E-state index contributed by atoms with van der Waals surface area (Å²) in [5.41, 5.74) is 8.36. The average Bonchev–Trinajstić information content (AvgIpc) is 2.26. The quantitative estimate of drug-likeness (QED) is 0.776. The van der Waals surface area contributed by atoms with E-state index in [-0.39, 0.29) is 12.5 Å². The lowest BCUT2D eigenvalue weighted by atomic mass is 10.1. The van der Waals surface area contributed by atoms with Crippen LogP contribution in [0, 0.1) is 19.8 Å². The molecule has 0 saturated carbocycles. The van der Waals surface area contributed by atoms with E-state index >= 15 is 0 Å². The summed E-state index contributed by atoms with van der Waals surface area (Å²) in [4.78, 5) is 11.6. The second-order valence-electron chi connectivity index (χ2n) is 5.30. The molecule has 0 aliphatic heterocycles. The Labute approximate surface area is 115 Å². The molecule has 4 heteroatoms. The van der Waals surface area contributed by atoms with Gasteiger partial charge in [0.15, 0.2) is 6.61 Å². The first-order chi connectivity index (χ1) is 8.90. The molecule has 0 aliphatic carbocycles. The Morgan fingerprint density at radius 3 is 2.42 bits per heavy atom. The summed E-state index contributed by atoms with van der Waals surface area (Å²) in [5, 5.41) is 2.85. The summed E-state index contributed by atoms with van der Waals surface area (Å²) in [6.45, 7) is 8.85. The van der Waals surface area contributed by atoms with Crippen LogP contribution in [0.3, 0.4) is 0 Å². The fourth-order valence-electron chi connectivity index (χ4n) is 1.90. The van der Waals surface area contributed by atoms with Crippen molar-refractivity contribution in [1.82, 2.24) is 5.32 Å². The third kappa shape index (κ3) is 5.20. The summed E-state index contributed by atoms with van der Waals surface area (Å²) >= 11 is 0. The first kappa shape index (κ1) is 15.3. The molecule has 106 valence electrons. The molecule has 0 bridgehead atoms. The van der Waals surface area contributed by atoms with E-state index in [2.05, 4.69) is 19.2 Å². The highest BCUT2D eigenvalue weighted by atomic mass is 16.5. The van der Waals surface area contributed by atoms with Crippen molar-refractivity contribution in [2.24, 2.45) is 5.92 Å². The van der Waals surface area contributed by atoms with Crippen LogP contribution in [0.1, 0.15) is 31.4 Å². The van der Waals surface area contributed by atoms with Gasteiger partial charge in [0.2, 0.25) is 0 Å². The number of ether oxygens (including phenoxy) is 1. The third-order valence-corrected chi connectivity index (χ3v) is 2.87. The van der Waals surface area contributed by atoms with Crippen molar-refractivity contribution in [2.75, 3.05) is 18.9 Å². The molecule has 3 N–H and O–H groups in total. The highest BCUT2D eigenvalue weighted by Crippen LogP contribution is 2.25. The van der Waals surface area contributed by atoms with E-state index in [4.69, 9.17) is 10.5 Å². The minimum absolute atomic E-state index is 0.0453. The van der Waals surface area contributed by atoms with Gasteiger partial charge in [0, 0.05) is 12.2 Å². The molecule has 0 radical (unpaired) electrons. The van der Waals surface area contributed by atoms with E-state index in [9.17, 15) is 4.79 Å². The molecule has 4 nitrogen and oxygen atoms in total. The number of nitrogens with two attached hydrogens (primary N) is 1. The zero-order valence-electron chi connectivity index (χ0n) is 12.2. The van der Waals surface area contributed by atoms with Gasteiger partial charge in [0.25, 0.3) is 5.91 Å². The fraction of sp³-hybridized carbons (Fsp3) is 0.533. The van der Waals surface area contributed by atoms with E-state index in [1.54, 1.807) is 0 Å². The number of hydrogen-bond donors (Lipinski definition) is 2. The summed E-state index contributed by atoms with van der Waals surface area (Å²) in [6.07, 6.45) is 0.978. The van der Waals surface area contributed by atoms with Gasteiger partial charge in [-0.15, -0.1) is 0 Å². The van der Waals surface area contributed by atoms with Crippen LogP contribution in [-0.4, -0.2) is 19.1 Å². The predicted octanol–water partition coefficient (Wildman–Crippen LogP) is 2.43. The Kier molecular flexibility index (Phi) is 5.67. The molecule has 0 heterocycles. The van der Waals surface area contributed by atoms with Crippen LogP contribution in [0.25, 0.3) is 0 Å². The number of nitrogen functional groups attached to an aromatic ring is 1. The number of carbonyl (C=O) groups excluding carboxylic acids is 1. The van der Waals surface area contributed by atoms with Gasteiger partial charge in [0.05, 0.1) is 0 Å². The molecule has 0 unspecified atom stereocenters. The lowest BCUT2D eigenvalue weighted by Crippen LogP contribution is -2.30. The van der Waals surface area contributed by atoms with Crippen molar-refractivity contribution >= 4 is 11.6 Å². The lowest BCUT2D eigenvalue weighted by molar-refractivity contribution is -0.123. The molecule has 1 amide bonds. The Hall–Kier alpha value is -1.71. The SMILES string of the molecule is Cc1cc(N)cc(C)c1OCC(=O)NCCC(C)C. The fourth-order valence-corrected chi connectivity index (χ4v) is 1.90. The summed E-state index contributed by atoms with van der Waals surface area (Å²) in [5.74, 6) is 1.24. The van der Waals surface area contributed by atoms with Gasteiger partial charge in [0.1, 0.15) is 5.75 Å². The Morgan fingerprint density at radius 2 is 1.89 bits per heavy atom. The number of nitrogens with one attached hydrogen (secondary N) is 1. The largest absolute Gasteiger partial charge is 0.483 e. The highest BCUT2D eigenvalue weighted by molar-refractivity contribution is 5.77. The average molecular weight is 264 g/mol. The van der Waals surface area contributed by atoms with Crippen molar-refractivity contribution in [3.8, 4) is 5.75 Å². The maximum atomic E-state index is 11.6. The monoisotopic (exact) mass is 264 g/mol. The van der Waals surface area contributed by atoms with Crippen molar-refractivity contribution in [3.05, 3.63) is 23.3 Å². The summed E-state index contributed by atoms with van der Waals surface area (Å²) < 4.78 is 5.57. The van der Waals surface area contributed by atoms with Crippen LogP contribution in [-0.2, 0) is 4.79 Å². The number of amides is 1. The van der Waals surface area contributed by atoms with Gasteiger partial charge in [-0.1, -0.05) is 13.8 Å². The van der Waals surface area contributed by atoms with Gasteiger partial charge >= 0.3 is 0 Å². The van der Waals surface area contributed by atoms with E-state index < -0.39 is 0 Å². The second-order valence-corrected chi connectivity index (χ2v) is 5.30. The minimum atomic E-state index is -0.0868. The Morgan fingerprint density at radius 1 is 1.32 bits per heavy atom. The van der Waals surface area contributed by atoms with Gasteiger partial charge in [-0.3, -0.25) is 4.79 Å². The molecular formula is C15H24N2O2. The summed E-state index contributed by atoms with van der Waals surface area (Å²) in [7, 11) is 0. The van der Waals surface area contributed by atoms with Crippen LogP contribution < -0.4 is 15.8 Å². The molecule has 0 saturated heterocycles. The smallest absolute Gasteiger partial charge is 0.257 e. The standard InChI is InChI=1S/C15H24N2O2/c1-10(2)5-6-17-14(18)9-19-15-11(3)7-13(16)8-12(15)4/h7-8,10H,5-6,9,16H2,1-4H3,(H,17,18). The number of hydrogen-bond acceptors (Lipinski definition) is 3. The maximum Gasteiger partial charge on any atom is 0.257 e. The van der Waals surface area contributed by atoms with Gasteiger partial charge in [-0.05, 0) is 49.4 Å². The molecule has 0 fully saturated rings. The van der Waals surface area contributed by atoms with E-state index in [1.165, 1.54) is 0 Å². The molecule has 0 aromatic heterocycles. The van der Waals surface area contributed by atoms with E-state index in [1.807, 2.05) is 26.0 Å². The van der Waals surface area contributed by atoms with Crippen LogP contribution >= 0.6 is 0 Å². The van der Waals surface area contributed by atoms with Crippen molar-refractivity contribution in [3.63, 3.8) is 0 Å². The lowest BCUT2D eigenvalue weighted by Gasteiger charge is -2.13. The van der Waals surface area contributed by atoms with Gasteiger partial charge < -0.3 is 15.8 Å². The minimum Gasteiger partial charge on any atom is -0.483 e. The van der Waals surface area contributed by atoms with Crippen LogP contribution in [0.2, 0.25) is 0 Å². The van der Waals surface area contributed by atoms with Crippen LogP contribution in [0.5, 0.6) is 5.75 Å². The van der Waals surface area contributed by atoms with Crippen molar-refractivity contribution in [1.29, 1.82) is 0 Å². The molecule has 1 rings (SSSR count). The van der Waals surface area contributed by atoms with Crippen molar-refractivity contribution < 1.29 is 9.53 Å². The molecule has 1 aromatic carbocycles. The summed E-state index contributed by atoms with van der Waals surface area (Å²) in [6, 6.07) is 3.69. The number of anilines is 1. The van der Waals surface area contributed by atoms with Crippen molar-refractivity contribution in [2.45, 2.75) is 34.1 Å². The highest BCUT2D eigenvalue weighted by Gasteiger charge is 2.08. The number of aryl methyl sites for hydroxylation is 2. The maximum absolute atomic E-state index is 11.6. The Bertz CT molecular complexity index is 419. The van der Waals surface area contributed by atoms with E-state index in [0.717, 1.165) is 23.3 Å². The number of benzene rings is 1. The number of rotatable bonds is 6. The van der Waals surface area contributed by atoms with Gasteiger partial charge in [-0.25, -0.2) is 0 Å². The molecule has 19 heavy (non-hydrogen) atoms. The normalized spacial score (nSPS) is 10.6. The first-order valence-electron chi connectivity index (χ1n) is 6.66. The Balaban J connectivity index is 2.46. The zero-order chi connectivity index (χ0) is 14.4. The molecule has 0 aliphatic rings. The zero-order valence-corrected chi connectivity index (χ0v) is 12.2. The molecular weight excluding hydrogens is 240 g/mol. The molecule has 0 spiro atoms. The van der Waals surface area contributed by atoms with Gasteiger partial charge in [-0.2, -0.15) is 0 Å². The first-order valence-corrected chi connectivity index (χ1v) is 6.66. The van der Waals surface area contributed by atoms with E-state index in [0.29, 0.717) is 18.2 Å². The predicted molar refractivity (Wildman–Crippen MR) is 78.3 cm³/mol.